The SMILES string of the molecule is COC(=O)c1c(C)[nH]c(-c2ccc(F)cc2)c1O. The maximum atomic E-state index is 12.8. The summed E-state index contributed by atoms with van der Waals surface area (Å²) in [6.45, 7) is 1.65. The van der Waals surface area contributed by atoms with Crippen LogP contribution in [0.3, 0.4) is 0 Å². The number of ether oxygens (including phenoxy) is 1. The predicted octanol–water partition coefficient (Wildman–Crippen LogP) is 2.62. The molecule has 0 saturated carbocycles. The van der Waals surface area contributed by atoms with Crippen LogP contribution < -0.4 is 0 Å². The van der Waals surface area contributed by atoms with Crippen LogP contribution in [0.2, 0.25) is 0 Å². The lowest BCUT2D eigenvalue weighted by Gasteiger charge is -2.00. The Morgan fingerprint density at radius 1 is 1.33 bits per heavy atom. The van der Waals surface area contributed by atoms with Crippen molar-refractivity contribution in [3.05, 3.63) is 41.3 Å². The van der Waals surface area contributed by atoms with Gasteiger partial charge in [-0.3, -0.25) is 0 Å². The van der Waals surface area contributed by atoms with E-state index in [0.29, 0.717) is 17.0 Å². The smallest absolute Gasteiger partial charge is 0.343 e. The highest BCUT2D eigenvalue weighted by Gasteiger charge is 2.21. The van der Waals surface area contributed by atoms with Crippen molar-refractivity contribution in [1.29, 1.82) is 0 Å². The molecule has 0 saturated heterocycles. The molecular weight excluding hydrogens is 237 g/mol. The number of hydrogen-bond acceptors (Lipinski definition) is 3. The molecule has 0 amide bonds. The standard InChI is InChI=1S/C13H12FNO3/c1-7-10(13(17)18-2)12(16)11(15-7)8-3-5-9(14)6-4-8/h3-6,15-16H,1-2H3. The number of esters is 1. The number of nitrogens with one attached hydrogen (secondary N) is 1. The summed E-state index contributed by atoms with van der Waals surface area (Å²) in [6.07, 6.45) is 0. The fraction of sp³-hybridized carbons (Fsp3) is 0.154. The van der Waals surface area contributed by atoms with Crippen LogP contribution in [0.1, 0.15) is 16.1 Å². The Balaban J connectivity index is 2.53. The van der Waals surface area contributed by atoms with Crippen molar-refractivity contribution in [2.45, 2.75) is 6.92 Å². The van der Waals surface area contributed by atoms with E-state index >= 15 is 0 Å². The molecule has 1 aromatic heterocycles. The molecule has 0 aliphatic carbocycles. The second-order valence-corrected chi connectivity index (χ2v) is 3.85. The van der Waals surface area contributed by atoms with Gasteiger partial charge in [-0.2, -0.15) is 0 Å². The van der Waals surface area contributed by atoms with E-state index < -0.39 is 5.97 Å². The van der Waals surface area contributed by atoms with E-state index in [2.05, 4.69) is 9.72 Å². The summed E-state index contributed by atoms with van der Waals surface area (Å²) in [5, 5.41) is 10.0. The highest BCUT2D eigenvalue weighted by molar-refractivity contribution is 5.96. The average Bonchev–Trinajstić information content (AvgIpc) is 2.65. The highest BCUT2D eigenvalue weighted by Crippen LogP contribution is 2.34. The number of H-pyrrole nitrogens is 1. The first-order chi connectivity index (χ1) is 8.54. The van der Waals surface area contributed by atoms with Crippen molar-refractivity contribution < 1.29 is 19.0 Å². The second kappa shape index (κ2) is 4.52. The van der Waals surface area contributed by atoms with E-state index in [1.165, 1.54) is 31.4 Å². The Morgan fingerprint density at radius 2 is 1.94 bits per heavy atom. The molecule has 0 radical (unpaired) electrons. The number of rotatable bonds is 2. The molecule has 2 aromatic rings. The summed E-state index contributed by atoms with van der Waals surface area (Å²) < 4.78 is 17.4. The van der Waals surface area contributed by atoms with Gasteiger partial charge in [-0.05, 0) is 31.2 Å². The van der Waals surface area contributed by atoms with Gasteiger partial charge in [-0.25, -0.2) is 9.18 Å². The third-order valence-corrected chi connectivity index (χ3v) is 2.68. The van der Waals surface area contributed by atoms with Crippen molar-refractivity contribution in [3.8, 4) is 17.0 Å². The summed E-state index contributed by atoms with van der Waals surface area (Å²) >= 11 is 0. The Morgan fingerprint density at radius 3 is 2.50 bits per heavy atom. The van der Waals surface area contributed by atoms with E-state index in [1.807, 2.05) is 0 Å². The topological polar surface area (TPSA) is 62.3 Å². The Labute approximate surface area is 103 Å². The zero-order valence-corrected chi connectivity index (χ0v) is 9.95. The van der Waals surface area contributed by atoms with Gasteiger partial charge in [0.15, 0.2) is 5.75 Å². The third-order valence-electron chi connectivity index (χ3n) is 2.68. The third kappa shape index (κ3) is 1.95. The lowest BCUT2D eigenvalue weighted by Crippen LogP contribution is -2.01. The Bertz CT molecular complexity index is 587. The van der Waals surface area contributed by atoms with Crippen LogP contribution in [0, 0.1) is 12.7 Å². The molecule has 0 unspecified atom stereocenters. The van der Waals surface area contributed by atoms with Crippen molar-refractivity contribution in [2.24, 2.45) is 0 Å². The van der Waals surface area contributed by atoms with Gasteiger partial charge in [0.1, 0.15) is 11.4 Å². The van der Waals surface area contributed by atoms with Crippen LogP contribution in [0.5, 0.6) is 5.75 Å². The van der Waals surface area contributed by atoms with Crippen molar-refractivity contribution in [3.63, 3.8) is 0 Å². The molecule has 0 aliphatic rings. The molecule has 1 heterocycles. The van der Waals surface area contributed by atoms with Crippen LogP contribution in [-0.2, 0) is 4.74 Å². The fourth-order valence-corrected chi connectivity index (χ4v) is 1.79. The molecule has 2 N–H and O–H groups in total. The first kappa shape index (κ1) is 12.2. The zero-order valence-electron chi connectivity index (χ0n) is 9.95. The van der Waals surface area contributed by atoms with Crippen LogP contribution in [0.15, 0.2) is 24.3 Å². The first-order valence-electron chi connectivity index (χ1n) is 5.30. The molecular formula is C13H12FNO3. The summed E-state index contributed by atoms with van der Waals surface area (Å²) in [6, 6.07) is 5.59. The lowest BCUT2D eigenvalue weighted by atomic mass is 10.1. The molecule has 2 rings (SSSR count). The predicted molar refractivity (Wildman–Crippen MR) is 63.9 cm³/mol. The highest BCUT2D eigenvalue weighted by atomic mass is 19.1. The molecule has 0 aliphatic heterocycles. The number of halogens is 1. The van der Waals surface area contributed by atoms with E-state index in [-0.39, 0.29) is 17.1 Å². The van der Waals surface area contributed by atoms with Crippen LogP contribution in [0.4, 0.5) is 4.39 Å². The minimum absolute atomic E-state index is 0.0943. The van der Waals surface area contributed by atoms with Gasteiger partial charge in [0.05, 0.1) is 12.8 Å². The molecule has 0 atom stereocenters. The number of methoxy groups -OCH3 is 1. The summed E-state index contributed by atoms with van der Waals surface area (Å²) in [4.78, 5) is 14.4. The van der Waals surface area contributed by atoms with Crippen LogP contribution >= 0.6 is 0 Å². The van der Waals surface area contributed by atoms with Gasteiger partial charge in [-0.1, -0.05) is 0 Å². The van der Waals surface area contributed by atoms with Gasteiger partial charge in [0.2, 0.25) is 0 Å². The second-order valence-electron chi connectivity index (χ2n) is 3.85. The molecule has 4 nitrogen and oxygen atoms in total. The van der Waals surface area contributed by atoms with Gasteiger partial charge >= 0.3 is 5.97 Å². The number of aromatic hydroxyl groups is 1. The molecule has 0 bridgehead atoms. The Kier molecular flexibility index (Phi) is 3.06. The molecule has 1 aromatic carbocycles. The van der Waals surface area contributed by atoms with Gasteiger partial charge < -0.3 is 14.8 Å². The number of hydrogen-bond donors (Lipinski definition) is 2. The number of benzene rings is 1. The van der Waals surface area contributed by atoms with Crippen molar-refractivity contribution >= 4 is 5.97 Å². The molecule has 0 fully saturated rings. The van der Waals surface area contributed by atoms with E-state index in [1.54, 1.807) is 6.92 Å². The van der Waals surface area contributed by atoms with Gasteiger partial charge in [-0.15, -0.1) is 0 Å². The van der Waals surface area contributed by atoms with Crippen molar-refractivity contribution in [1.82, 2.24) is 4.98 Å². The Hall–Kier alpha value is -2.30. The number of carbonyl (C=O) groups is 1. The fourth-order valence-electron chi connectivity index (χ4n) is 1.79. The van der Waals surface area contributed by atoms with Crippen LogP contribution in [-0.4, -0.2) is 23.2 Å². The van der Waals surface area contributed by atoms with Gasteiger partial charge in [0.25, 0.3) is 0 Å². The first-order valence-corrected chi connectivity index (χ1v) is 5.30. The molecule has 5 heteroatoms. The molecule has 0 spiro atoms. The number of aryl methyl sites for hydroxylation is 1. The van der Waals surface area contributed by atoms with E-state index in [4.69, 9.17) is 0 Å². The van der Waals surface area contributed by atoms with E-state index in [9.17, 15) is 14.3 Å². The summed E-state index contributed by atoms with van der Waals surface area (Å²) in [7, 11) is 1.24. The quantitative estimate of drug-likeness (QED) is 0.804. The van der Waals surface area contributed by atoms with Crippen LogP contribution in [0.25, 0.3) is 11.3 Å². The monoisotopic (exact) mass is 249 g/mol. The average molecular weight is 249 g/mol. The number of aromatic amines is 1. The zero-order chi connectivity index (χ0) is 13.3. The number of carbonyl (C=O) groups excluding carboxylic acids is 1. The van der Waals surface area contributed by atoms with E-state index in [0.717, 1.165) is 0 Å². The maximum absolute atomic E-state index is 12.8. The molecule has 94 valence electrons. The summed E-state index contributed by atoms with van der Waals surface area (Å²) in [5.41, 5.74) is 1.55. The molecule has 18 heavy (non-hydrogen) atoms. The minimum Gasteiger partial charge on any atom is -0.505 e. The summed E-state index contributed by atoms with van der Waals surface area (Å²) in [5.74, 6) is -1.17. The largest absolute Gasteiger partial charge is 0.505 e. The lowest BCUT2D eigenvalue weighted by molar-refractivity contribution is 0.0597. The maximum Gasteiger partial charge on any atom is 0.343 e. The number of aromatic nitrogens is 1. The normalized spacial score (nSPS) is 10.4. The van der Waals surface area contributed by atoms with Gasteiger partial charge in [0, 0.05) is 11.3 Å². The van der Waals surface area contributed by atoms with Crippen molar-refractivity contribution in [2.75, 3.05) is 7.11 Å². The minimum atomic E-state index is -0.616.